The highest BCUT2D eigenvalue weighted by Crippen LogP contribution is 2.20. The first-order valence-electron chi connectivity index (χ1n) is 10.0. The normalized spacial score (nSPS) is 12.2. The monoisotopic (exact) mass is 474 g/mol. The number of nitrogens with zero attached hydrogens (tertiary/aromatic N) is 1. The van der Waals surface area contributed by atoms with E-state index in [2.05, 4.69) is 21.2 Å². The van der Waals surface area contributed by atoms with Crippen LogP contribution >= 0.6 is 15.9 Å². The van der Waals surface area contributed by atoms with Crippen LogP contribution in [0.2, 0.25) is 0 Å². The van der Waals surface area contributed by atoms with Crippen molar-refractivity contribution in [3.05, 3.63) is 63.6 Å². The minimum atomic E-state index is -0.637. The summed E-state index contributed by atoms with van der Waals surface area (Å²) in [5.41, 5.74) is 2.58. The Kier molecular flexibility index (Phi) is 8.07. The van der Waals surface area contributed by atoms with Crippen LogP contribution in [0.5, 0.6) is 5.75 Å². The van der Waals surface area contributed by atoms with Gasteiger partial charge >= 0.3 is 0 Å². The van der Waals surface area contributed by atoms with Gasteiger partial charge in [0.15, 0.2) is 6.61 Å². The Morgan fingerprint density at radius 3 is 2.33 bits per heavy atom. The van der Waals surface area contributed by atoms with Gasteiger partial charge in [-0.2, -0.15) is 0 Å². The first-order chi connectivity index (χ1) is 14.0. The third-order valence-corrected chi connectivity index (χ3v) is 5.16. The molecule has 0 fully saturated rings. The summed E-state index contributed by atoms with van der Waals surface area (Å²) in [5, 5.41) is 2.96. The molecule has 6 heteroatoms. The highest BCUT2D eigenvalue weighted by molar-refractivity contribution is 9.10. The lowest BCUT2D eigenvalue weighted by Gasteiger charge is -2.31. The van der Waals surface area contributed by atoms with Gasteiger partial charge in [0, 0.05) is 16.6 Å². The summed E-state index contributed by atoms with van der Waals surface area (Å²) >= 11 is 3.42. The molecule has 0 aliphatic carbocycles. The van der Waals surface area contributed by atoms with E-state index in [0.717, 1.165) is 21.2 Å². The molecule has 0 aliphatic heterocycles. The van der Waals surface area contributed by atoms with E-state index in [1.807, 2.05) is 77.1 Å². The van der Waals surface area contributed by atoms with Gasteiger partial charge in [-0.05, 0) is 76.4 Å². The second kappa shape index (κ2) is 10.1. The molecule has 2 aromatic carbocycles. The number of aryl methyl sites for hydroxylation is 2. The maximum absolute atomic E-state index is 13.1. The van der Waals surface area contributed by atoms with E-state index in [0.29, 0.717) is 12.3 Å². The summed E-state index contributed by atoms with van der Waals surface area (Å²) in [4.78, 5) is 27.4. The van der Waals surface area contributed by atoms with Crippen LogP contribution in [-0.2, 0) is 16.1 Å². The van der Waals surface area contributed by atoms with Crippen molar-refractivity contribution in [2.24, 2.45) is 0 Å². The van der Waals surface area contributed by atoms with Gasteiger partial charge in [-0.15, -0.1) is 0 Å². The number of ether oxygens (including phenoxy) is 1. The van der Waals surface area contributed by atoms with Gasteiger partial charge < -0.3 is 15.0 Å². The second-order valence-electron chi connectivity index (χ2n) is 8.62. The number of carbonyl (C=O) groups excluding carboxylic acids is 2. The number of nitrogens with one attached hydrogen (secondary N) is 1. The predicted octanol–water partition coefficient (Wildman–Crippen LogP) is 4.78. The molecule has 0 aromatic heterocycles. The molecule has 2 amide bonds. The number of rotatable bonds is 7. The van der Waals surface area contributed by atoms with Crippen molar-refractivity contribution >= 4 is 27.7 Å². The molecule has 0 bridgehead atoms. The second-order valence-corrected chi connectivity index (χ2v) is 9.54. The highest BCUT2D eigenvalue weighted by atomic mass is 79.9. The molecular weight excluding hydrogens is 444 g/mol. The van der Waals surface area contributed by atoms with Gasteiger partial charge in [0.25, 0.3) is 5.91 Å². The Labute approximate surface area is 187 Å². The van der Waals surface area contributed by atoms with Crippen LogP contribution in [-0.4, -0.2) is 34.9 Å². The van der Waals surface area contributed by atoms with E-state index in [1.165, 1.54) is 0 Å². The van der Waals surface area contributed by atoms with E-state index < -0.39 is 6.04 Å². The van der Waals surface area contributed by atoms with Crippen LogP contribution in [0.1, 0.15) is 44.4 Å². The van der Waals surface area contributed by atoms with Crippen LogP contribution in [0.4, 0.5) is 0 Å². The topological polar surface area (TPSA) is 58.6 Å². The molecule has 0 aliphatic rings. The summed E-state index contributed by atoms with van der Waals surface area (Å²) in [6, 6.07) is 13.0. The standard InChI is InChI=1S/C24H31BrN2O3/c1-16-7-8-17(2)21(13-16)30-15-22(28)27(14-19-9-11-20(25)12-10-19)18(3)23(29)26-24(4,5)6/h7-13,18H,14-15H2,1-6H3,(H,26,29)/t18-/m1/s1. The number of amides is 2. The first kappa shape index (κ1) is 23.9. The number of hydrogen-bond donors (Lipinski definition) is 1. The maximum Gasteiger partial charge on any atom is 0.261 e. The fourth-order valence-corrected chi connectivity index (χ4v) is 3.19. The molecule has 0 saturated carbocycles. The average molecular weight is 475 g/mol. The number of hydrogen-bond acceptors (Lipinski definition) is 3. The molecule has 0 saturated heterocycles. The van der Waals surface area contributed by atoms with E-state index in [4.69, 9.17) is 4.74 Å². The van der Waals surface area contributed by atoms with Crippen molar-refractivity contribution in [1.29, 1.82) is 0 Å². The van der Waals surface area contributed by atoms with Crippen molar-refractivity contribution in [3.63, 3.8) is 0 Å². The van der Waals surface area contributed by atoms with Crippen molar-refractivity contribution in [2.75, 3.05) is 6.61 Å². The fourth-order valence-electron chi connectivity index (χ4n) is 2.93. The Bertz CT molecular complexity index is 888. The van der Waals surface area contributed by atoms with E-state index in [-0.39, 0.29) is 24.0 Å². The SMILES string of the molecule is Cc1ccc(C)c(OCC(=O)N(Cc2ccc(Br)cc2)[C@H](C)C(=O)NC(C)(C)C)c1. The van der Waals surface area contributed by atoms with Crippen LogP contribution in [0.15, 0.2) is 46.9 Å². The zero-order chi connectivity index (χ0) is 22.5. The third-order valence-electron chi connectivity index (χ3n) is 4.63. The van der Waals surface area contributed by atoms with Gasteiger partial charge in [0.05, 0.1) is 0 Å². The summed E-state index contributed by atoms with van der Waals surface area (Å²) in [6.07, 6.45) is 0. The zero-order valence-electron chi connectivity index (χ0n) is 18.6. The Hall–Kier alpha value is -2.34. The minimum Gasteiger partial charge on any atom is -0.483 e. The quantitative estimate of drug-likeness (QED) is 0.628. The number of carbonyl (C=O) groups is 2. The minimum absolute atomic E-state index is 0.131. The molecule has 2 aromatic rings. The van der Waals surface area contributed by atoms with Crippen molar-refractivity contribution in [1.82, 2.24) is 10.2 Å². The van der Waals surface area contributed by atoms with Crippen LogP contribution in [0.25, 0.3) is 0 Å². The molecule has 0 spiro atoms. The van der Waals surface area contributed by atoms with Gasteiger partial charge in [-0.3, -0.25) is 9.59 Å². The molecule has 0 heterocycles. The molecule has 1 N–H and O–H groups in total. The Balaban J connectivity index is 2.20. The molecule has 162 valence electrons. The summed E-state index contributed by atoms with van der Waals surface area (Å²) in [6.45, 7) is 11.6. The average Bonchev–Trinajstić information content (AvgIpc) is 2.66. The van der Waals surface area contributed by atoms with E-state index in [1.54, 1.807) is 11.8 Å². The first-order valence-corrected chi connectivity index (χ1v) is 10.8. The molecule has 0 unspecified atom stereocenters. The van der Waals surface area contributed by atoms with E-state index >= 15 is 0 Å². The smallest absolute Gasteiger partial charge is 0.261 e. The van der Waals surface area contributed by atoms with Crippen LogP contribution < -0.4 is 10.1 Å². The van der Waals surface area contributed by atoms with Gasteiger partial charge in [0.2, 0.25) is 5.91 Å². The Morgan fingerprint density at radius 2 is 1.73 bits per heavy atom. The highest BCUT2D eigenvalue weighted by Gasteiger charge is 2.28. The summed E-state index contributed by atoms with van der Waals surface area (Å²) in [7, 11) is 0. The third kappa shape index (κ3) is 7.17. The van der Waals surface area contributed by atoms with Gasteiger partial charge in [0.1, 0.15) is 11.8 Å². The van der Waals surface area contributed by atoms with Gasteiger partial charge in [-0.1, -0.05) is 40.2 Å². The van der Waals surface area contributed by atoms with Crippen LogP contribution in [0, 0.1) is 13.8 Å². The molecule has 0 radical (unpaired) electrons. The lowest BCUT2D eigenvalue weighted by Crippen LogP contribution is -2.53. The van der Waals surface area contributed by atoms with Crippen LogP contribution in [0.3, 0.4) is 0 Å². The molecule has 5 nitrogen and oxygen atoms in total. The lowest BCUT2D eigenvalue weighted by atomic mass is 10.1. The molecule has 30 heavy (non-hydrogen) atoms. The largest absolute Gasteiger partial charge is 0.483 e. The number of benzene rings is 2. The summed E-state index contributed by atoms with van der Waals surface area (Å²) < 4.78 is 6.78. The Morgan fingerprint density at radius 1 is 1.10 bits per heavy atom. The predicted molar refractivity (Wildman–Crippen MR) is 123 cm³/mol. The zero-order valence-corrected chi connectivity index (χ0v) is 20.2. The lowest BCUT2D eigenvalue weighted by molar-refractivity contribution is -0.142. The van der Waals surface area contributed by atoms with E-state index in [9.17, 15) is 9.59 Å². The van der Waals surface area contributed by atoms with Crippen molar-refractivity contribution < 1.29 is 14.3 Å². The van der Waals surface area contributed by atoms with Gasteiger partial charge in [-0.25, -0.2) is 0 Å². The fraction of sp³-hybridized carbons (Fsp3) is 0.417. The summed E-state index contributed by atoms with van der Waals surface area (Å²) in [5.74, 6) is 0.244. The van der Waals surface area contributed by atoms with Crippen molar-refractivity contribution in [2.45, 2.75) is 59.7 Å². The maximum atomic E-state index is 13.1. The van der Waals surface area contributed by atoms with Crippen molar-refractivity contribution in [3.8, 4) is 5.75 Å². The molecular formula is C24H31BrN2O3. The molecule has 2 rings (SSSR count). The number of halogens is 1. The molecule has 1 atom stereocenters.